The Balaban J connectivity index is 2.09. The summed E-state index contributed by atoms with van der Waals surface area (Å²) in [7, 11) is 0. The van der Waals surface area contributed by atoms with Gasteiger partial charge in [0.15, 0.2) is 0 Å². The van der Waals surface area contributed by atoms with Crippen LogP contribution in [0.1, 0.15) is 62.6 Å². The molecule has 0 amide bonds. The zero-order valence-electron chi connectivity index (χ0n) is 13.8. The predicted molar refractivity (Wildman–Crippen MR) is 89.6 cm³/mol. The highest BCUT2D eigenvalue weighted by Crippen LogP contribution is 2.28. The number of hydrogen-bond donors (Lipinski definition) is 1. The fraction of sp³-hybridized carbons (Fsp3) is 0.684. The van der Waals surface area contributed by atoms with Gasteiger partial charge in [-0.2, -0.15) is 0 Å². The second kappa shape index (κ2) is 8.55. The molecule has 0 radical (unpaired) electrons. The van der Waals surface area contributed by atoms with Crippen LogP contribution in [0.15, 0.2) is 18.2 Å². The number of aryl methyl sites for hydroxylation is 1. The molecule has 2 nitrogen and oxygen atoms in total. The Morgan fingerprint density at radius 3 is 2.48 bits per heavy atom. The maximum atomic E-state index is 9.59. The molecular formula is C19H31NO. The molecule has 1 aromatic rings. The molecule has 2 heteroatoms. The molecule has 1 aliphatic carbocycles. The minimum atomic E-state index is 0.180. The van der Waals surface area contributed by atoms with Gasteiger partial charge in [-0.25, -0.2) is 0 Å². The van der Waals surface area contributed by atoms with Crippen molar-refractivity contribution in [2.75, 3.05) is 13.1 Å². The zero-order chi connectivity index (χ0) is 15.1. The minimum absolute atomic E-state index is 0.180. The molecule has 1 aromatic carbocycles. The molecule has 21 heavy (non-hydrogen) atoms. The van der Waals surface area contributed by atoms with Crippen molar-refractivity contribution in [3.05, 3.63) is 34.9 Å². The molecule has 0 saturated carbocycles. The van der Waals surface area contributed by atoms with Crippen LogP contribution < -0.4 is 0 Å². The molecule has 0 spiro atoms. The molecule has 0 aliphatic heterocycles. The van der Waals surface area contributed by atoms with E-state index in [1.165, 1.54) is 62.7 Å². The fourth-order valence-corrected chi connectivity index (χ4v) is 3.50. The molecule has 118 valence electrons. The fourth-order valence-electron chi connectivity index (χ4n) is 3.50. The summed E-state index contributed by atoms with van der Waals surface area (Å²) in [5.41, 5.74) is 4.03. The maximum absolute atomic E-state index is 9.59. The Kier molecular flexibility index (Phi) is 6.72. The lowest BCUT2D eigenvalue weighted by molar-refractivity contribution is 0.173. The van der Waals surface area contributed by atoms with Gasteiger partial charge in [-0.15, -0.1) is 0 Å². The Labute approximate surface area is 130 Å². The van der Waals surface area contributed by atoms with Crippen LogP contribution in [0.4, 0.5) is 0 Å². The number of nitrogens with zero attached hydrogens (tertiary/aromatic N) is 1. The summed E-state index contributed by atoms with van der Waals surface area (Å²) >= 11 is 0. The normalized spacial score (nSPS) is 18.0. The van der Waals surface area contributed by atoms with Crippen LogP contribution in [0.2, 0.25) is 0 Å². The van der Waals surface area contributed by atoms with Gasteiger partial charge >= 0.3 is 0 Å². The summed E-state index contributed by atoms with van der Waals surface area (Å²) in [4.78, 5) is 2.71. The molecule has 0 saturated heterocycles. The first-order valence-electron chi connectivity index (χ1n) is 8.74. The minimum Gasteiger partial charge on any atom is -0.392 e. The summed E-state index contributed by atoms with van der Waals surface area (Å²) in [6, 6.07) is 7.09. The smallest absolute Gasteiger partial charge is 0.0684 e. The Hall–Kier alpha value is -0.860. The monoisotopic (exact) mass is 289 g/mol. The van der Waals surface area contributed by atoms with Gasteiger partial charge in [0.2, 0.25) is 0 Å². The van der Waals surface area contributed by atoms with Crippen molar-refractivity contribution >= 4 is 0 Å². The van der Waals surface area contributed by atoms with Crippen molar-refractivity contribution in [3.8, 4) is 0 Å². The van der Waals surface area contributed by atoms with Crippen LogP contribution in [0.3, 0.4) is 0 Å². The van der Waals surface area contributed by atoms with Crippen molar-refractivity contribution in [1.82, 2.24) is 4.90 Å². The molecule has 1 unspecified atom stereocenters. The van der Waals surface area contributed by atoms with E-state index in [1.54, 1.807) is 0 Å². The van der Waals surface area contributed by atoms with Crippen LogP contribution in [-0.4, -0.2) is 29.1 Å². The SMILES string of the molecule is CCCCN(CCCC)C1CCc2cccc(CO)c2C1. The van der Waals surface area contributed by atoms with Gasteiger partial charge in [-0.1, -0.05) is 44.9 Å². The number of hydrogen-bond acceptors (Lipinski definition) is 2. The lowest BCUT2D eigenvalue weighted by Gasteiger charge is -2.36. The van der Waals surface area contributed by atoms with E-state index in [-0.39, 0.29) is 6.61 Å². The topological polar surface area (TPSA) is 23.5 Å². The predicted octanol–water partition coefficient (Wildman–Crippen LogP) is 3.94. The third kappa shape index (κ3) is 4.31. The zero-order valence-corrected chi connectivity index (χ0v) is 13.8. The van der Waals surface area contributed by atoms with Crippen molar-refractivity contribution in [2.45, 2.75) is 71.4 Å². The van der Waals surface area contributed by atoms with Gasteiger partial charge < -0.3 is 10.0 Å². The summed E-state index contributed by atoms with van der Waals surface area (Å²) in [5.74, 6) is 0. The van der Waals surface area contributed by atoms with Gasteiger partial charge in [0.1, 0.15) is 0 Å². The third-order valence-electron chi connectivity index (χ3n) is 4.84. The second-order valence-electron chi connectivity index (χ2n) is 6.35. The first-order chi connectivity index (χ1) is 10.3. The maximum Gasteiger partial charge on any atom is 0.0684 e. The molecule has 0 bridgehead atoms. The van der Waals surface area contributed by atoms with E-state index in [0.717, 1.165) is 12.0 Å². The number of aliphatic hydroxyl groups is 1. The average Bonchev–Trinajstić information content (AvgIpc) is 2.54. The summed E-state index contributed by atoms with van der Waals surface area (Å²) < 4.78 is 0. The molecule has 1 N–H and O–H groups in total. The van der Waals surface area contributed by atoms with Crippen LogP contribution in [-0.2, 0) is 19.4 Å². The second-order valence-corrected chi connectivity index (χ2v) is 6.35. The van der Waals surface area contributed by atoms with Crippen molar-refractivity contribution in [3.63, 3.8) is 0 Å². The summed E-state index contributed by atoms with van der Waals surface area (Å²) in [6.45, 7) is 7.20. The van der Waals surface area contributed by atoms with E-state index in [2.05, 4.69) is 36.9 Å². The standard InChI is InChI=1S/C19H31NO/c1-3-5-12-20(13-6-4-2)18-11-10-16-8-7-9-17(15-21)19(16)14-18/h7-9,18,21H,3-6,10-15H2,1-2H3. The van der Waals surface area contributed by atoms with Gasteiger partial charge in [0.05, 0.1) is 6.61 Å². The summed E-state index contributed by atoms with van der Waals surface area (Å²) in [6.07, 6.45) is 8.71. The van der Waals surface area contributed by atoms with Crippen molar-refractivity contribution < 1.29 is 5.11 Å². The third-order valence-corrected chi connectivity index (χ3v) is 4.84. The Morgan fingerprint density at radius 1 is 1.14 bits per heavy atom. The first kappa shape index (κ1) is 16.5. The molecule has 1 aliphatic rings. The Bertz CT molecular complexity index is 407. The van der Waals surface area contributed by atoms with E-state index < -0.39 is 0 Å². The van der Waals surface area contributed by atoms with Gasteiger partial charge in [0.25, 0.3) is 0 Å². The van der Waals surface area contributed by atoms with E-state index >= 15 is 0 Å². The Morgan fingerprint density at radius 2 is 1.86 bits per heavy atom. The number of unbranched alkanes of at least 4 members (excludes halogenated alkanes) is 2. The summed E-state index contributed by atoms with van der Waals surface area (Å²) in [5, 5.41) is 9.59. The quantitative estimate of drug-likeness (QED) is 0.783. The molecular weight excluding hydrogens is 258 g/mol. The van der Waals surface area contributed by atoms with Crippen molar-refractivity contribution in [2.24, 2.45) is 0 Å². The highest BCUT2D eigenvalue weighted by atomic mass is 16.3. The number of rotatable bonds is 8. The van der Waals surface area contributed by atoms with Crippen LogP contribution in [0.25, 0.3) is 0 Å². The van der Waals surface area contributed by atoms with Gasteiger partial charge in [-0.05, 0) is 61.9 Å². The van der Waals surface area contributed by atoms with Gasteiger partial charge in [-0.3, -0.25) is 0 Å². The molecule has 2 rings (SSSR count). The van der Waals surface area contributed by atoms with Crippen molar-refractivity contribution in [1.29, 1.82) is 0 Å². The lowest BCUT2D eigenvalue weighted by Crippen LogP contribution is -2.40. The molecule has 1 atom stereocenters. The molecule has 0 heterocycles. The molecule has 0 aromatic heterocycles. The first-order valence-corrected chi connectivity index (χ1v) is 8.74. The van der Waals surface area contributed by atoms with Gasteiger partial charge in [0, 0.05) is 6.04 Å². The number of fused-ring (bicyclic) bond motifs is 1. The van der Waals surface area contributed by atoms with Crippen LogP contribution in [0, 0.1) is 0 Å². The van der Waals surface area contributed by atoms with E-state index in [1.807, 2.05) is 0 Å². The van der Waals surface area contributed by atoms with E-state index in [9.17, 15) is 5.11 Å². The molecule has 0 fully saturated rings. The lowest BCUT2D eigenvalue weighted by atomic mass is 9.84. The van der Waals surface area contributed by atoms with E-state index in [4.69, 9.17) is 0 Å². The van der Waals surface area contributed by atoms with Crippen LogP contribution >= 0.6 is 0 Å². The highest BCUT2D eigenvalue weighted by molar-refractivity contribution is 5.37. The van der Waals surface area contributed by atoms with E-state index in [0.29, 0.717) is 6.04 Å². The highest BCUT2D eigenvalue weighted by Gasteiger charge is 2.25. The number of aliphatic hydroxyl groups excluding tert-OH is 1. The average molecular weight is 289 g/mol. The largest absolute Gasteiger partial charge is 0.392 e. The van der Waals surface area contributed by atoms with Crippen LogP contribution in [0.5, 0.6) is 0 Å². The number of benzene rings is 1.